The van der Waals surface area contributed by atoms with Gasteiger partial charge in [-0.25, -0.2) is 0 Å². The van der Waals surface area contributed by atoms with Gasteiger partial charge >= 0.3 is 0 Å². The zero-order valence-electron chi connectivity index (χ0n) is 10.0. The molecule has 0 amide bonds. The fourth-order valence-corrected chi connectivity index (χ4v) is 2.37. The first-order chi connectivity index (χ1) is 7.56. The van der Waals surface area contributed by atoms with Gasteiger partial charge in [-0.3, -0.25) is 5.41 Å². The minimum Gasteiger partial charge on any atom is -0.384 e. The first-order valence-corrected chi connectivity index (χ1v) is 6.41. The molecule has 0 spiro atoms. The molecule has 0 aromatic heterocycles. The predicted octanol–water partition coefficient (Wildman–Crippen LogP) is 2.90. The van der Waals surface area contributed by atoms with E-state index >= 15 is 0 Å². The highest BCUT2D eigenvalue weighted by Crippen LogP contribution is 2.28. The first kappa shape index (κ1) is 12.9. The van der Waals surface area contributed by atoms with Gasteiger partial charge < -0.3 is 11.1 Å². The third-order valence-corrected chi connectivity index (χ3v) is 2.98. The van der Waals surface area contributed by atoms with E-state index in [0.717, 1.165) is 21.9 Å². The Bertz CT molecular complexity index is 375. The third kappa shape index (κ3) is 3.17. The molecule has 88 valence electrons. The molecule has 0 fully saturated rings. The summed E-state index contributed by atoms with van der Waals surface area (Å²) in [7, 11) is 0. The van der Waals surface area contributed by atoms with Crippen molar-refractivity contribution in [1.29, 1.82) is 5.41 Å². The van der Waals surface area contributed by atoms with Crippen LogP contribution in [0.5, 0.6) is 0 Å². The Balaban J connectivity index is 3.16. The number of anilines is 1. The predicted molar refractivity (Wildman–Crippen MR) is 72.6 cm³/mol. The lowest BCUT2D eigenvalue weighted by atomic mass is 10.1. The second kappa shape index (κ2) is 5.80. The molecule has 0 saturated heterocycles. The van der Waals surface area contributed by atoms with Crippen LogP contribution in [0.4, 0.5) is 5.69 Å². The Morgan fingerprint density at radius 2 is 2.19 bits per heavy atom. The van der Waals surface area contributed by atoms with Crippen LogP contribution < -0.4 is 11.1 Å². The fourth-order valence-electron chi connectivity index (χ4n) is 1.52. The highest BCUT2D eigenvalue weighted by molar-refractivity contribution is 7.99. The highest BCUT2D eigenvalue weighted by Gasteiger charge is 2.11. The van der Waals surface area contributed by atoms with Gasteiger partial charge in [-0.1, -0.05) is 13.0 Å². The van der Waals surface area contributed by atoms with Crippen LogP contribution in [-0.2, 0) is 0 Å². The molecule has 0 saturated carbocycles. The molecule has 0 aliphatic rings. The largest absolute Gasteiger partial charge is 0.384 e. The van der Waals surface area contributed by atoms with E-state index < -0.39 is 0 Å². The van der Waals surface area contributed by atoms with E-state index in [1.807, 2.05) is 18.2 Å². The lowest BCUT2D eigenvalue weighted by Gasteiger charge is -2.16. The minimum absolute atomic E-state index is 0.125. The molecule has 0 atom stereocenters. The van der Waals surface area contributed by atoms with E-state index in [-0.39, 0.29) is 5.84 Å². The zero-order valence-corrected chi connectivity index (χ0v) is 10.8. The number of rotatable bonds is 5. The SMILES string of the molecule is CCSc1cccc(NC(C)C)c1C(=N)N. The molecule has 3 nitrogen and oxygen atoms in total. The van der Waals surface area contributed by atoms with E-state index in [1.54, 1.807) is 11.8 Å². The molecule has 0 heterocycles. The summed E-state index contributed by atoms with van der Waals surface area (Å²) in [5.74, 6) is 1.10. The number of amidine groups is 1. The number of nitrogens with two attached hydrogens (primary N) is 1. The second-order valence-electron chi connectivity index (χ2n) is 3.82. The van der Waals surface area contributed by atoms with E-state index in [9.17, 15) is 0 Å². The summed E-state index contributed by atoms with van der Waals surface area (Å²) >= 11 is 1.71. The Hall–Kier alpha value is -1.16. The molecule has 1 rings (SSSR count). The maximum Gasteiger partial charge on any atom is 0.126 e. The molecule has 0 bridgehead atoms. The van der Waals surface area contributed by atoms with Crippen molar-refractivity contribution in [2.24, 2.45) is 5.73 Å². The molecule has 4 heteroatoms. The normalized spacial score (nSPS) is 10.5. The number of benzene rings is 1. The fraction of sp³-hybridized carbons (Fsp3) is 0.417. The van der Waals surface area contributed by atoms with Crippen LogP contribution >= 0.6 is 11.8 Å². The average Bonchev–Trinajstić information content (AvgIpc) is 2.16. The highest BCUT2D eigenvalue weighted by atomic mass is 32.2. The monoisotopic (exact) mass is 237 g/mol. The molecule has 0 radical (unpaired) electrons. The van der Waals surface area contributed by atoms with Crippen LogP contribution in [0.3, 0.4) is 0 Å². The topological polar surface area (TPSA) is 61.9 Å². The number of nitrogens with one attached hydrogen (secondary N) is 2. The van der Waals surface area contributed by atoms with Crippen LogP contribution in [0.2, 0.25) is 0 Å². The lowest BCUT2D eigenvalue weighted by Crippen LogP contribution is -2.18. The Morgan fingerprint density at radius 1 is 1.50 bits per heavy atom. The molecular weight excluding hydrogens is 218 g/mol. The molecule has 0 unspecified atom stereocenters. The zero-order chi connectivity index (χ0) is 12.1. The molecule has 16 heavy (non-hydrogen) atoms. The number of hydrogen-bond acceptors (Lipinski definition) is 3. The van der Waals surface area contributed by atoms with Crippen LogP contribution in [0.1, 0.15) is 26.3 Å². The Kier molecular flexibility index (Phi) is 4.68. The number of thioether (sulfide) groups is 1. The van der Waals surface area contributed by atoms with Crippen molar-refractivity contribution in [2.75, 3.05) is 11.1 Å². The van der Waals surface area contributed by atoms with Gasteiger partial charge in [0.15, 0.2) is 0 Å². The first-order valence-electron chi connectivity index (χ1n) is 5.43. The van der Waals surface area contributed by atoms with Gasteiger partial charge in [-0.15, -0.1) is 11.8 Å². The van der Waals surface area contributed by atoms with Gasteiger partial charge in [0, 0.05) is 16.6 Å². The average molecular weight is 237 g/mol. The van der Waals surface area contributed by atoms with Crippen LogP contribution in [-0.4, -0.2) is 17.6 Å². The lowest BCUT2D eigenvalue weighted by molar-refractivity contribution is 0.898. The van der Waals surface area contributed by atoms with Crippen molar-refractivity contribution < 1.29 is 0 Å². The summed E-state index contributed by atoms with van der Waals surface area (Å²) < 4.78 is 0. The summed E-state index contributed by atoms with van der Waals surface area (Å²) in [4.78, 5) is 1.07. The minimum atomic E-state index is 0.125. The van der Waals surface area contributed by atoms with Crippen LogP contribution in [0.25, 0.3) is 0 Å². The van der Waals surface area contributed by atoms with Gasteiger partial charge in [0.05, 0.1) is 5.56 Å². The molecule has 1 aromatic carbocycles. The standard InChI is InChI=1S/C12H19N3S/c1-4-16-10-7-5-6-9(15-8(2)3)11(10)12(13)14/h5-8,15H,4H2,1-3H3,(H3,13,14). The molecular formula is C12H19N3S. The number of hydrogen-bond donors (Lipinski definition) is 3. The second-order valence-corrected chi connectivity index (χ2v) is 5.13. The summed E-state index contributed by atoms with van der Waals surface area (Å²) in [5.41, 5.74) is 7.42. The molecule has 4 N–H and O–H groups in total. The van der Waals surface area contributed by atoms with Crippen LogP contribution in [0, 0.1) is 5.41 Å². The van der Waals surface area contributed by atoms with Crippen molar-refractivity contribution in [3.63, 3.8) is 0 Å². The van der Waals surface area contributed by atoms with Gasteiger partial charge in [0.2, 0.25) is 0 Å². The van der Waals surface area contributed by atoms with E-state index in [2.05, 4.69) is 26.1 Å². The Morgan fingerprint density at radius 3 is 2.69 bits per heavy atom. The molecule has 0 aliphatic carbocycles. The van der Waals surface area contributed by atoms with Gasteiger partial charge in [-0.2, -0.15) is 0 Å². The third-order valence-electron chi connectivity index (χ3n) is 2.04. The summed E-state index contributed by atoms with van der Waals surface area (Å²) in [6, 6.07) is 6.31. The maximum atomic E-state index is 7.66. The van der Waals surface area contributed by atoms with E-state index in [0.29, 0.717) is 6.04 Å². The van der Waals surface area contributed by atoms with Crippen molar-refractivity contribution in [3.8, 4) is 0 Å². The van der Waals surface area contributed by atoms with Crippen LogP contribution in [0.15, 0.2) is 23.1 Å². The maximum absolute atomic E-state index is 7.66. The van der Waals surface area contributed by atoms with Crippen molar-refractivity contribution in [3.05, 3.63) is 23.8 Å². The van der Waals surface area contributed by atoms with Gasteiger partial charge in [0.25, 0.3) is 0 Å². The van der Waals surface area contributed by atoms with Crippen molar-refractivity contribution in [2.45, 2.75) is 31.7 Å². The quantitative estimate of drug-likeness (QED) is 0.419. The van der Waals surface area contributed by atoms with Crippen molar-refractivity contribution in [1.82, 2.24) is 0 Å². The van der Waals surface area contributed by atoms with Gasteiger partial charge in [-0.05, 0) is 31.7 Å². The molecule has 1 aromatic rings. The Labute approximate surface area is 101 Å². The summed E-state index contributed by atoms with van der Waals surface area (Å²) in [6.07, 6.45) is 0. The van der Waals surface area contributed by atoms with Gasteiger partial charge in [0.1, 0.15) is 5.84 Å². The van der Waals surface area contributed by atoms with E-state index in [4.69, 9.17) is 11.1 Å². The summed E-state index contributed by atoms with van der Waals surface area (Å²) in [5, 5.41) is 11.0. The number of nitrogen functional groups attached to an aromatic ring is 1. The van der Waals surface area contributed by atoms with E-state index in [1.165, 1.54) is 0 Å². The van der Waals surface area contributed by atoms with Crippen molar-refractivity contribution >= 4 is 23.3 Å². The summed E-state index contributed by atoms with van der Waals surface area (Å²) in [6.45, 7) is 6.24. The smallest absolute Gasteiger partial charge is 0.126 e. The molecule has 0 aliphatic heterocycles.